The molecule has 0 bridgehead atoms. The molecule has 12 nitrogen and oxygen atoms in total. The topological polar surface area (TPSA) is 241 Å². The fourth-order valence-electron chi connectivity index (χ4n) is 0. The second-order valence-corrected chi connectivity index (χ2v) is 7.39. The number of carboxylic acids is 4. The van der Waals surface area contributed by atoms with Gasteiger partial charge in [-0.2, -0.15) is 0 Å². The Morgan fingerprint density at radius 1 is 0.448 bits per heavy atom. The second-order valence-electron chi connectivity index (χ2n) is 7.39. The Bertz CT molecular complexity index is 420. The number of hydrogen-bond acceptors (Lipinski definition) is 12. The Hall–Kier alpha value is -1.62. The maximum Gasteiger partial charge on any atom is 4.00 e. The summed E-state index contributed by atoms with van der Waals surface area (Å²) in [6.07, 6.45) is 0. The van der Waals surface area contributed by atoms with Crippen molar-refractivity contribution in [3.05, 3.63) is 0 Å². The average Bonchev–Trinajstić information content (AvgIpc) is 2.35. The molecule has 4 N–H and O–H groups in total. The predicted octanol–water partition coefficient (Wildman–Crippen LogP) is -5.97. The number of carbonyl (C=O) groups excluding carboxylic acids is 4. The molecule has 1 radical (unpaired) electrons. The van der Waals surface area contributed by atoms with Gasteiger partial charge in [0.1, 0.15) is 0 Å². The van der Waals surface area contributed by atoms with Crippen LogP contribution < -0.4 is 20.4 Å². The van der Waals surface area contributed by atoms with Crippen LogP contribution in [0.2, 0.25) is 0 Å². The summed E-state index contributed by atoms with van der Waals surface area (Å²) < 4.78 is 0. The quantitative estimate of drug-likeness (QED) is 0.236. The average molecular weight is 599 g/mol. The van der Waals surface area contributed by atoms with Crippen molar-refractivity contribution in [2.75, 3.05) is 0 Å². The van der Waals surface area contributed by atoms with Gasteiger partial charge in [0, 0.05) is 0 Å². The first-order valence-electron chi connectivity index (χ1n) is 7.53. The van der Waals surface area contributed by atoms with Crippen molar-refractivity contribution in [1.82, 2.24) is 0 Å². The molecule has 0 rings (SSSR count). The number of hydrogen-bond donors (Lipinski definition) is 4. The molecule has 0 unspecified atom stereocenters. The minimum Gasteiger partial charge on any atom is -0.547 e. The first-order valence-corrected chi connectivity index (χ1v) is 7.53. The van der Waals surface area contributed by atoms with E-state index in [9.17, 15) is 39.6 Å². The van der Waals surface area contributed by atoms with Gasteiger partial charge in [0.05, 0.1) is 46.3 Å². The minimum atomic E-state index is -1.69. The van der Waals surface area contributed by atoms with Crippen LogP contribution in [0.4, 0.5) is 0 Å². The van der Waals surface area contributed by atoms with Gasteiger partial charge in [0.15, 0.2) is 0 Å². The third-order valence-electron chi connectivity index (χ3n) is 2.00. The van der Waals surface area contributed by atoms with E-state index < -0.39 is 46.3 Å². The number of carboxylic acid groups (broad SMARTS) is 4. The van der Waals surface area contributed by atoms with Crippen molar-refractivity contribution in [3.63, 3.8) is 0 Å². The van der Waals surface area contributed by atoms with E-state index in [1.807, 2.05) is 0 Å². The van der Waals surface area contributed by atoms with Crippen LogP contribution in [0, 0.1) is 0 Å². The maximum atomic E-state index is 9.66. The van der Waals surface area contributed by atoms with Gasteiger partial charge in [-0.3, -0.25) is 0 Å². The van der Waals surface area contributed by atoms with Gasteiger partial charge in [-0.1, -0.05) is 0 Å². The van der Waals surface area contributed by atoms with Crippen LogP contribution in [0.25, 0.3) is 0 Å². The van der Waals surface area contributed by atoms with Gasteiger partial charge in [0.25, 0.3) is 0 Å². The SMILES string of the molecule is CC(C)(O)C(=O)[O-].CC(C)(O)C(=O)[O-].CC(C)(O)C(=O)[O-].CC(C)(O)C(=O)[O-].[Re+4]. The summed E-state index contributed by atoms with van der Waals surface area (Å²) in [7, 11) is 0. The first kappa shape index (κ1) is 38.0. The summed E-state index contributed by atoms with van der Waals surface area (Å²) in [5.41, 5.74) is -6.78. The van der Waals surface area contributed by atoms with Crippen LogP contribution in [0.3, 0.4) is 0 Å². The fraction of sp³-hybridized carbons (Fsp3) is 0.750. The molecule has 0 amide bonds. The van der Waals surface area contributed by atoms with Gasteiger partial charge in [-0.05, 0) is 55.4 Å². The van der Waals surface area contributed by atoms with Crippen LogP contribution >= 0.6 is 0 Å². The summed E-state index contributed by atoms with van der Waals surface area (Å²) in [5.74, 6) is -5.81. The molecule has 13 heteroatoms. The molecule has 0 saturated heterocycles. The number of aliphatic hydroxyl groups is 4. The van der Waals surface area contributed by atoms with Gasteiger partial charge in [-0.15, -0.1) is 0 Å². The molecule has 0 spiro atoms. The molecule has 0 aromatic carbocycles. The zero-order valence-corrected chi connectivity index (χ0v) is 20.1. The van der Waals surface area contributed by atoms with E-state index in [4.69, 9.17) is 20.4 Å². The monoisotopic (exact) mass is 599 g/mol. The zero-order valence-electron chi connectivity index (χ0n) is 17.4. The van der Waals surface area contributed by atoms with Gasteiger partial charge < -0.3 is 60.0 Å². The summed E-state index contributed by atoms with van der Waals surface area (Å²) in [6, 6.07) is 0. The standard InChI is InChI=1S/4C4H8O3.Re/c4*1-4(2,7)3(5)6;/h4*7H,1-2H3,(H,5,6);/q;;;;+4/p-4. The van der Waals surface area contributed by atoms with Crippen molar-refractivity contribution in [2.45, 2.75) is 77.8 Å². The van der Waals surface area contributed by atoms with Crippen molar-refractivity contribution < 1.29 is 80.5 Å². The Labute approximate surface area is 182 Å². The smallest absolute Gasteiger partial charge is 0.547 e. The maximum absolute atomic E-state index is 9.66. The summed E-state index contributed by atoms with van der Waals surface area (Å²) in [4.78, 5) is 38.6. The minimum absolute atomic E-state index is 0. The third kappa shape index (κ3) is 31.3. The van der Waals surface area contributed by atoms with Crippen LogP contribution in [-0.4, -0.2) is 66.7 Å². The molecule has 29 heavy (non-hydrogen) atoms. The van der Waals surface area contributed by atoms with Crippen LogP contribution in [-0.2, 0) is 39.6 Å². The largest absolute Gasteiger partial charge is 4.00 e. The van der Waals surface area contributed by atoms with Crippen molar-refractivity contribution in [3.8, 4) is 0 Å². The van der Waals surface area contributed by atoms with E-state index in [2.05, 4.69) is 0 Å². The van der Waals surface area contributed by atoms with E-state index in [1.54, 1.807) is 0 Å². The zero-order chi connectivity index (χ0) is 24.3. The molecule has 0 aromatic heterocycles. The second kappa shape index (κ2) is 14.4. The van der Waals surface area contributed by atoms with Crippen LogP contribution in [0.15, 0.2) is 0 Å². The molecular weight excluding hydrogens is 570 g/mol. The van der Waals surface area contributed by atoms with Gasteiger partial charge >= 0.3 is 20.4 Å². The molecule has 0 atom stereocenters. The third-order valence-corrected chi connectivity index (χ3v) is 2.00. The van der Waals surface area contributed by atoms with E-state index in [0.717, 1.165) is 55.4 Å². The van der Waals surface area contributed by atoms with Crippen LogP contribution in [0.1, 0.15) is 55.4 Å². The molecule has 171 valence electrons. The molecule has 0 aliphatic carbocycles. The Morgan fingerprint density at radius 2 is 0.483 bits per heavy atom. The van der Waals surface area contributed by atoms with E-state index >= 15 is 0 Å². The summed E-state index contributed by atoms with van der Waals surface area (Å²) in [5, 5.41) is 72.4. The van der Waals surface area contributed by atoms with Gasteiger partial charge in [0.2, 0.25) is 0 Å². The summed E-state index contributed by atoms with van der Waals surface area (Å²) >= 11 is 0. The van der Waals surface area contributed by atoms with Crippen molar-refractivity contribution in [2.24, 2.45) is 0 Å². The Kier molecular flexibility index (Phi) is 18.9. The van der Waals surface area contributed by atoms with Crippen LogP contribution in [0.5, 0.6) is 0 Å². The molecule has 0 heterocycles. The normalized spacial score (nSPS) is 10.9. The van der Waals surface area contributed by atoms with Gasteiger partial charge in [-0.25, -0.2) is 0 Å². The van der Waals surface area contributed by atoms with E-state index in [-0.39, 0.29) is 20.4 Å². The molecule has 0 fully saturated rings. The molecular formula is C16H28O12Re. The number of aliphatic carboxylic acids is 4. The van der Waals surface area contributed by atoms with E-state index in [1.165, 1.54) is 0 Å². The fourth-order valence-corrected chi connectivity index (χ4v) is 0. The first-order chi connectivity index (χ1) is 11.8. The molecule has 0 aliphatic heterocycles. The van der Waals surface area contributed by atoms with Crippen molar-refractivity contribution >= 4 is 23.9 Å². The predicted molar refractivity (Wildman–Crippen MR) is 85.2 cm³/mol. The molecule has 0 aliphatic rings. The Balaban J connectivity index is -0.0000000873. The Morgan fingerprint density at radius 3 is 0.483 bits per heavy atom. The number of carbonyl (C=O) groups is 4. The molecule has 0 aromatic rings. The summed E-state index contributed by atoms with van der Waals surface area (Å²) in [6.45, 7) is 9.24. The number of rotatable bonds is 4. The van der Waals surface area contributed by atoms with Crippen molar-refractivity contribution in [1.29, 1.82) is 0 Å². The molecule has 0 saturated carbocycles. The van der Waals surface area contributed by atoms with E-state index in [0.29, 0.717) is 0 Å².